The van der Waals surface area contributed by atoms with Crippen LogP contribution in [0.3, 0.4) is 0 Å². The van der Waals surface area contributed by atoms with Crippen LogP contribution in [0.2, 0.25) is 0 Å². The Morgan fingerprint density at radius 2 is 1.74 bits per heavy atom. The number of carbonyl (C=O) groups excluding carboxylic acids is 2. The molecule has 1 heterocycles. The van der Waals surface area contributed by atoms with Crippen molar-refractivity contribution in [1.29, 1.82) is 0 Å². The Hall–Kier alpha value is -1.93. The number of nitrogens with one attached hydrogen (secondary N) is 2. The van der Waals surface area contributed by atoms with Gasteiger partial charge in [0.05, 0.1) is 4.90 Å². The van der Waals surface area contributed by atoms with Crippen molar-refractivity contribution in [2.24, 2.45) is 17.8 Å². The number of fused-ring (bicyclic) bond motifs is 1. The lowest BCUT2D eigenvalue weighted by Crippen LogP contribution is -2.44. The Bertz CT molecular complexity index is 1020. The molecule has 0 spiro atoms. The van der Waals surface area contributed by atoms with Crippen LogP contribution in [0.4, 0.5) is 5.69 Å². The van der Waals surface area contributed by atoms with E-state index in [1.54, 1.807) is 23.1 Å². The summed E-state index contributed by atoms with van der Waals surface area (Å²) in [6, 6.07) is 5.37. The number of hydrogen-bond acceptors (Lipinski definition) is 4. The van der Waals surface area contributed by atoms with Crippen molar-refractivity contribution in [1.82, 2.24) is 10.0 Å². The smallest absolute Gasteiger partial charge is 0.240 e. The number of rotatable bonds is 6. The minimum atomic E-state index is -3.62. The number of benzene rings is 1. The predicted octanol–water partition coefficient (Wildman–Crippen LogP) is 3.76. The summed E-state index contributed by atoms with van der Waals surface area (Å²) in [7, 11) is -3.62. The highest BCUT2D eigenvalue weighted by molar-refractivity contribution is 7.89. The van der Waals surface area contributed by atoms with E-state index < -0.39 is 10.0 Å². The molecule has 0 radical (unpaired) electrons. The van der Waals surface area contributed by atoms with Crippen LogP contribution in [0.15, 0.2) is 23.1 Å². The van der Waals surface area contributed by atoms with E-state index in [9.17, 15) is 18.0 Å². The molecule has 0 aromatic heterocycles. The van der Waals surface area contributed by atoms with Crippen molar-refractivity contribution >= 4 is 27.5 Å². The lowest BCUT2D eigenvalue weighted by Gasteiger charge is -2.33. The van der Waals surface area contributed by atoms with E-state index in [0.717, 1.165) is 43.4 Å². The summed E-state index contributed by atoms with van der Waals surface area (Å²) >= 11 is 0. The normalized spacial score (nSPS) is 29.5. The maximum absolute atomic E-state index is 12.9. The highest BCUT2D eigenvalue weighted by Gasteiger charge is 2.32. The Kier molecular flexibility index (Phi) is 7.67. The second kappa shape index (κ2) is 10.4. The Balaban J connectivity index is 1.28. The van der Waals surface area contributed by atoms with Gasteiger partial charge >= 0.3 is 0 Å². The summed E-state index contributed by atoms with van der Waals surface area (Å²) in [6.45, 7) is 6.13. The SMILES string of the molecule is CC(=O)N1c2ccc(S(=O)(=O)NCC3CCC(C(=O)N[C@@H]4CCCC[C@H]4C)CC3)cc2C[C@H]1C. The molecule has 1 aromatic carbocycles. The molecule has 2 amide bonds. The first-order chi connectivity index (χ1) is 16.2. The number of amides is 2. The molecular formula is C26H39N3O4S. The third-order valence-corrected chi connectivity index (χ3v) is 9.56. The Labute approximate surface area is 204 Å². The van der Waals surface area contributed by atoms with Gasteiger partial charge in [-0.15, -0.1) is 0 Å². The van der Waals surface area contributed by atoms with E-state index in [-0.39, 0.29) is 34.6 Å². The molecule has 188 valence electrons. The first-order valence-corrected chi connectivity index (χ1v) is 14.4. The molecule has 34 heavy (non-hydrogen) atoms. The van der Waals surface area contributed by atoms with Crippen molar-refractivity contribution < 1.29 is 18.0 Å². The second-order valence-corrected chi connectivity index (χ2v) is 12.4. The average molecular weight is 490 g/mol. The van der Waals surface area contributed by atoms with Crippen LogP contribution >= 0.6 is 0 Å². The van der Waals surface area contributed by atoms with Gasteiger partial charge in [0.15, 0.2) is 0 Å². The lowest BCUT2D eigenvalue weighted by molar-refractivity contribution is -0.127. The molecule has 1 aliphatic heterocycles. The molecule has 4 rings (SSSR count). The first kappa shape index (κ1) is 25.2. The van der Waals surface area contributed by atoms with Crippen LogP contribution in [-0.4, -0.2) is 38.9 Å². The maximum atomic E-state index is 12.9. The van der Waals surface area contributed by atoms with E-state index in [0.29, 0.717) is 24.9 Å². The lowest BCUT2D eigenvalue weighted by atomic mass is 9.80. The average Bonchev–Trinajstić information content (AvgIpc) is 3.14. The number of carbonyl (C=O) groups is 2. The molecule has 3 aliphatic rings. The third-order valence-electron chi connectivity index (χ3n) is 8.13. The zero-order chi connectivity index (χ0) is 24.5. The first-order valence-electron chi connectivity index (χ1n) is 12.9. The molecule has 0 unspecified atom stereocenters. The van der Waals surface area contributed by atoms with Gasteiger partial charge in [-0.2, -0.15) is 0 Å². The fraction of sp³-hybridized carbons (Fsp3) is 0.692. The van der Waals surface area contributed by atoms with Gasteiger partial charge in [-0.05, 0) is 87.5 Å². The van der Waals surface area contributed by atoms with Crippen LogP contribution in [0.25, 0.3) is 0 Å². The van der Waals surface area contributed by atoms with E-state index >= 15 is 0 Å². The van der Waals surface area contributed by atoms with Crippen LogP contribution in [0, 0.1) is 17.8 Å². The van der Waals surface area contributed by atoms with Gasteiger partial charge in [0.2, 0.25) is 21.8 Å². The van der Waals surface area contributed by atoms with Gasteiger partial charge in [-0.1, -0.05) is 19.8 Å². The number of nitrogens with zero attached hydrogens (tertiary/aromatic N) is 1. The quantitative estimate of drug-likeness (QED) is 0.636. The van der Waals surface area contributed by atoms with Crippen molar-refractivity contribution in [2.45, 2.75) is 95.5 Å². The molecule has 7 nitrogen and oxygen atoms in total. The molecule has 2 aliphatic carbocycles. The van der Waals surface area contributed by atoms with Crippen molar-refractivity contribution in [3.63, 3.8) is 0 Å². The predicted molar refractivity (Wildman–Crippen MR) is 133 cm³/mol. The fourth-order valence-electron chi connectivity index (χ4n) is 6.03. The number of hydrogen-bond donors (Lipinski definition) is 2. The highest BCUT2D eigenvalue weighted by atomic mass is 32.2. The summed E-state index contributed by atoms with van der Waals surface area (Å²) in [5.41, 5.74) is 1.70. The molecule has 3 atom stereocenters. The van der Waals surface area contributed by atoms with Gasteiger partial charge in [-0.3, -0.25) is 9.59 Å². The van der Waals surface area contributed by atoms with Gasteiger partial charge in [0, 0.05) is 37.2 Å². The monoisotopic (exact) mass is 489 g/mol. The molecule has 2 N–H and O–H groups in total. The third kappa shape index (κ3) is 5.48. The Morgan fingerprint density at radius 3 is 2.41 bits per heavy atom. The zero-order valence-corrected chi connectivity index (χ0v) is 21.5. The maximum Gasteiger partial charge on any atom is 0.240 e. The summed E-state index contributed by atoms with van der Waals surface area (Å²) in [4.78, 5) is 26.7. The minimum Gasteiger partial charge on any atom is -0.353 e. The van der Waals surface area contributed by atoms with E-state index in [2.05, 4.69) is 17.0 Å². The summed E-state index contributed by atoms with van der Waals surface area (Å²) in [5, 5.41) is 3.29. The molecular weight excluding hydrogens is 450 g/mol. The van der Waals surface area contributed by atoms with Crippen LogP contribution in [0.1, 0.15) is 77.7 Å². The van der Waals surface area contributed by atoms with Crippen molar-refractivity contribution in [3.05, 3.63) is 23.8 Å². The van der Waals surface area contributed by atoms with Gasteiger partial charge in [0.1, 0.15) is 0 Å². The molecule has 2 fully saturated rings. The minimum absolute atomic E-state index is 0.0301. The summed E-state index contributed by atoms with van der Waals surface area (Å²) in [6.07, 6.45) is 8.73. The fourth-order valence-corrected chi connectivity index (χ4v) is 7.19. The molecule has 2 saturated carbocycles. The zero-order valence-electron chi connectivity index (χ0n) is 20.7. The van der Waals surface area contributed by atoms with E-state index in [1.165, 1.54) is 26.2 Å². The summed E-state index contributed by atoms with van der Waals surface area (Å²) < 4.78 is 28.7. The van der Waals surface area contributed by atoms with E-state index in [1.807, 2.05) is 6.92 Å². The largest absolute Gasteiger partial charge is 0.353 e. The Morgan fingerprint density at radius 1 is 1.03 bits per heavy atom. The van der Waals surface area contributed by atoms with Gasteiger partial charge in [-0.25, -0.2) is 13.1 Å². The standard InChI is InChI=1S/C26H39N3O4S/c1-17-6-4-5-7-24(17)28-26(31)21-10-8-20(9-11-21)16-27-34(32,33)23-12-13-25-22(15-23)14-18(2)29(25)19(3)30/h12-13,15,17-18,20-21,24,27H,4-11,14,16H2,1-3H3,(H,28,31)/t17-,18-,20?,21?,24-/m1/s1. The molecule has 1 aromatic rings. The van der Waals surface area contributed by atoms with E-state index in [4.69, 9.17) is 0 Å². The summed E-state index contributed by atoms with van der Waals surface area (Å²) in [5.74, 6) is 0.999. The van der Waals surface area contributed by atoms with Crippen molar-refractivity contribution in [3.8, 4) is 0 Å². The molecule has 0 saturated heterocycles. The van der Waals surface area contributed by atoms with Gasteiger partial charge in [0.25, 0.3) is 0 Å². The molecule has 8 heteroatoms. The van der Waals surface area contributed by atoms with Gasteiger partial charge < -0.3 is 10.2 Å². The number of sulfonamides is 1. The second-order valence-electron chi connectivity index (χ2n) is 10.7. The highest BCUT2D eigenvalue weighted by Crippen LogP contribution is 2.34. The topological polar surface area (TPSA) is 95.6 Å². The van der Waals surface area contributed by atoms with Crippen LogP contribution in [-0.2, 0) is 26.0 Å². The number of anilines is 1. The molecule has 0 bridgehead atoms. The van der Waals surface area contributed by atoms with Crippen LogP contribution < -0.4 is 14.9 Å². The van der Waals surface area contributed by atoms with Crippen molar-refractivity contribution in [2.75, 3.05) is 11.4 Å². The van der Waals surface area contributed by atoms with Crippen LogP contribution in [0.5, 0.6) is 0 Å².